The van der Waals surface area contributed by atoms with Crippen molar-refractivity contribution in [1.29, 1.82) is 0 Å². The van der Waals surface area contributed by atoms with Crippen molar-refractivity contribution < 1.29 is 4.74 Å². The molecule has 0 spiro atoms. The Hall–Kier alpha value is -1.36. The molecule has 0 atom stereocenters. The zero-order valence-electron chi connectivity index (χ0n) is 11.1. The third kappa shape index (κ3) is 4.19. The van der Waals surface area contributed by atoms with Crippen LogP contribution in [0.1, 0.15) is 39.4 Å². The number of H-pyrrole nitrogens is 1. The summed E-state index contributed by atoms with van der Waals surface area (Å²) in [5.74, 6) is 1.47. The van der Waals surface area contributed by atoms with Gasteiger partial charge in [0.25, 0.3) is 5.56 Å². The molecular formula is C12H21N3O2. The van der Waals surface area contributed by atoms with Gasteiger partial charge >= 0.3 is 0 Å². The summed E-state index contributed by atoms with van der Waals surface area (Å²) in [7, 11) is 1.66. The average Bonchev–Trinajstić information content (AvgIpc) is 2.26. The smallest absolute Gasteiger partial charge is 0.252 e. The number of rotatable bonds is 5. The van der Waals surface area contributed by atoms with Crippen LogP contribution in [0.2, 0.25) is 0 Å². The molecule has 0 aliphatic heterocycles. The van der Waals surface area contributed by atoms with Gasteiger partial charge in [0.05, 0.1) is 5.60 Å². The van der Waals surface area contributed by atoms with E-state index in [-0.39, 0.29) is 17.1 Å². The van der Waals surface area contributed by atoms with Crippen LogP contribution in [0.5, 0.6) is 0 Å². The molecule has 0 saturated carbocycles. The molecule has 17 heavy (non-hydrogen) atoms. The Labute approximate surface area is 102 Å². The van der Waals surface area contributed by atoms with E-state index in [0.717, 1.165) is 0 Å². The Bertz CT molecular complexity index is 424. The van der Waals surface area contributed by atoms with Crippen molar-refractivity contribution in [1.82, 2.24) is 9.97 Å². The standard InChI is InChI=1S/C12H21N3O2/c1-8(2)11-14-9(6-10(16)15-11)13-7-12(3,4)17-5/h6,8H,7H2,1-5H3,(H2,13,14,15,16). The number of hydrogen-bond acceptors (Lipinski definition) is 4. The molecule has 0 saturated heterocycles. The fraction of sp³-hybridized carbons (Fsp3) is 0.667. The van der Waals surface area contributed by atoms with Gasteiger partial charge in [0.2, 0.25) is 0 Å². The number of aromatic nitrogens is 2. The molecular weight excluding hydrogens is 218 g/mol. The molecule has 0 bridgehead atoms. The molecule has 96 valence electrons. The van der Waals surface area contributed by atoms with Crippen LogP contribution in [-0.4, -0.2) is 29.2 Å². The van der Waals surface area contributed by atoms with Crippen molar-refractivity contribution in [3.8, 4) is 0 Å². The lowest BCUT2D eigenvalue weighted by atomic mass is 10.1. The highest BCUT2D eigenvalue weighted by Crippen LogP contribution is 2.11. The Morgan fingerprint density at radius 1 is 1.53 bits per heavy atom. The van der Waals surface area contributed by atoms with Crippen LogP contribution in [0, 0.1) is 0 Å². The van der Waals surface area contributed by atoms with Gasteiger partial charge in [0.15, 0.2) is 0 Å². The Morgan fingerprint density at radius 2 is 2.18 bits per heavy atom. The predicted octanol–water partition coefficient (Wildman–Crippen LogP) is 1.73. The SMILES string of the molecule is COC(C)(C)CNc1cc(=O)[nH]c(C(C)C)n1. The minimum atomic E-state index is -0.289. The minimum absolute atomic E-state index is 0.138. The van der Waals surface area contributed by atoms with Gasteiger partial charge in [-0.1, -0.05) is 13.8 Å². The first-order valence-corrected chi connectivity index (χ1v) is 5.74. The summed E-state index contributed by atoms with van der Waals surface area (Å²) in [4.78, 5) is 18.5. The number of nitrogens with zero attached hydrogens (tertiary/aromatic N) is 1. The van der Waals surface area contributed by atoms with Crippen molar-refractivity contribution in [2.45, 2.75) is 39.2 Å². The largest absolute Gasteiger partial charge is 0.377 e. The summed E-state index contributed by atoms with van der Waals surface area (Å²) in [6, 6.07) is 1.46. The Balaban J connectivity index is 2.82. The van der Waals surface area contributed by atoms with E-state index in [9.17, 15) is 4.79 Å². The number of ether oxygens (including phenoxy) is 1. The van der Waals surface area contributed by atoms with Crippen molar-refractivity contribution >= 4 is 5.82 Å². The highest BCUT2D eigenvalue weighted by Gasteiger charge is 2.16. The molecule has 0 aliphatic rings. The lowest BCUT2D eigenvalue weighted by Gasteiger charge is -2.23. The first kappa shape index (κ1) is 13.7. The molecule has 1 aromatic rings. The predicted molar refractivity (Wildman–Crippen MR) is 68.5 cm³/mol. The molecule has 1 rings (SSSR count). The van der Waals surface area contributed by atoms with Gasteiger partial charge in [-0.25, -0.2) is 4.98 Å². The number of anilines is 1. The molecule has 0 radical (unpaired) electrons. The number of aromatic amines is 1. The number of nitrogens with one attached hydrogen (secondary N) is 2. The maximum absolute atomic E-state index is 11.4. The summed E-state index contributed by atoms with van der Waals surface area (Å²) in [5.41, 5.74) is -0.427. The summed E-state index contributed by atoms with van der Waals surface area (Å²) in [6.45, 7) is 8.51. The van der Waals surface area contributed by atoms with E-state index in [2.05, 4.69) is 15.3 Å². The highest BCUT2D eigenvalue weighted by atomic mass is 16.5. The fourth-order valence-electron chi connectivity index (χ4n) is 1.22. The van der Waals surface area contributed by atoms with Gasteiger partial charge < -0.3 is 15.0 Å². The first-order valence-electron chi connectivity index (χ1n) is 5.74. The van der Waals surface area contributed by atoms with E-state index in [0.29, 0.717) is 18.2 Å². The fourth-order valence-corrected chi connectivity index (χ4v) is 1.22. The summed E-state index contributed by atoms with van der Waals surface area (Å²) < 4.78 is 5.29. The van der Waals surface area contributed by atoms with Gasteiger partial charge in [-0.2, -0.15) is 0 Å². The third-order valence-corrected chi connectivity index (χ3v) is 2.55. The van der Waals surface area contributed by atoms with Crippen LogP contribution in [0.3, 0.4) is 0 Å². The lowest BCUT2D eigenvalue weighted by molar-refractivity contribution is 0.0343. The zero-order valence-corrected chi connectivity index (χ0v) is 11.1. The summed E-state index contributed by atoms with van der Waals surface area (Å²) >= 11 is 0. The summed E-state index contributed by atoms with van der Waals surface area (Å²) in [6.07, 6.45) is 0. The monoisotopic (exact) mass is 239 g/mol. The first-order chi connectivity index (χ1) is 7.84. The molecule has 0 aromatic carbocycles. The minimum Gasteiger partial charge on any atom is -0.377 e. The van der Waals surface area contributed by atoms with E-state index >= 15 is 0 Å². The maximum atomic E-state index is 11.4. The second-order valence-electron chi connectivity index (χ2n) is 4.99. The van der Waals surface area contributed by atoms with Crippen LogP contribution < -0.4 is 10.9 Å². The molecule has 1 heterocycles. The van der Waals surface area contributed by atoms with Crippen molar-refractivity contribution in [2.24, 2.45) is 0 Å². The molecule has 0 aliphatic carbocycles. The highest BCUT2D eigenvalue weighted by molar-refractivity contribution is 5.33. The number of hydrogen-bond donors (Lipinski definition) is 2. The maximum Gasteiger partial charge on any atom is 0.252 e. The molecule has 5 nitrogen and oxygen atoms in total. The van der Waals surface area contributed by atoms with Crippen molar-refractivity contribution in [2.75, 3.05) is 19.0 Å². The molecule has 2 N–H and O–H groups in total. The van der Waals surface area contributed by atoms with E-state index in [1.165, 1.54) is 6.07 Å². The van der Waals surface area contributed by atoms with E-state index in [1.807, 2.05) is 27.7 Å². The van der Waals surface area contributed by atoms with E-state index in [1.54, 1.807) is 7.11 Å². The molecule has 0 unspecified atom stereocenters. The molecule has 1 aromatic heterocycles. The topological polar surface area (TPSA) is 67.0 Å². The van der Waals surface area contributed by atoms with Crippen LogP contribution in [-0.2, 0) is 4.74 Å². The van der Waals surface area contributed by atoms with Crippen LogP contribution in [0.25, 0.3) is 0 Å². The molecule has 0 fully saturated rings. The van der Waals surface area contributed by atoms with E-state index < -0.39 is 0 Å². The van der Waals surface area contributed by atoms with Crippen molar-refractivity contribution in [3.05, 3.63) is 22.2 Å². The Morgan fingerprint density at radius 3 is 2.71 bits per heavy atom. The molecule has 0 amide bonds. The average molecular weight is 239 g/mol. The van der Waals surface area contributed by atoms with Crippen LogP contribution in [0.15, 0.2) is 10.9 Å². The molecule has 5 heteroatoms. The second kappa shape index (κ2) is 5.31. The third-order valence-electron chi connectivity index (χ3n) is 2.55. The van der Waals surface area contributed by atoms with Crippen LogP contribution in [0.4, 0.5) is 5.82 Å². The van der Waals surface area contributed by atoms with Crippen LogP contribution >= 0.6 is 0 Å². The van der Waals surface area contributed by atoms with Gasteiger partial charge in [0.1, 0.15) is 11.6 Å². The quantitative estimate of drug-likeness (QED) is 0.821. The van der Waals surface area contributed by atoms with Gasteiger partial charge in [0, 0.05) is 25.6 Å². The summed E-state index contributed by atoms with van der Waals surface area (Å²) in [5, 5.41) is 3.12. The van der Waals surface area contributed by atoms with Crippen molar-refractivity contribution in [3.63, 3.8) is 0 Å². The lowest BCUT2D eigenvalue weighted by Crippen LogP contribution is -2.32. The van der Waals surface area contributed by atoms with Gasteiger partial charge in [-0.15, -0.1) is 0 Å². The van der Waals surface area contributed by atoms with Gasteiger partial charge in [-0.3, -0.25) is 4.79 Å². The van der Waals surface area contributed by atoms with Gasteiger partial charge in [-0.05, 0) is 13.8 Å². The Kier molecular flexibility index (Phi) is 4.28. The second-order valence-corrected chi connectivity index (χ2v) is 4.99. The number of methoxy groups -OCH3 is 1. The normalized spacial score (nSPS) is 11.9. The van der Waals surface area contributed by atoms with E-state index in [4.69, 9.17) is 4.74 Å². The zero-order chi connectivity index (χ0) is 13.1.